The first-order valence-corrected chi connectivity index (χ1v) is 21.9. The van der Waals surface area contributed by atoms with Crippen molar-refractivity contribution >= 4 is 19.8 Å². The molecule has 0 radical (unpaired) electrons. The van der Waals surface area contributed by atoms with Crippen molar-refractivity contribution in [2.24, 2.45) is 0 Å². The van der Waals surface area contributed by atoms with Gasteiger partial charge in [0.15, 0.2) is 6.10 Å². The largest absolute Gasteiger partial charge is 0.472 e. The normalized spacial score (nSPS) is 15.1. The van der Waals surface area contributed by atoms with E-state index in [0.29, 0.717) is 30.3 Å². The van der Waals surface area contributed by atoms with Crippen LogP contribution in [0.3, 0.4) is 0 Å². The molecule has 0 heterocycles. The average molecular weight is 793 g/mol. The third-order valence-electron chi connectivity index (χ3n) is 8.02. The van der Waals surface area contributed by atoms with Crippen LogP contribution in [-0.2, 0) is 32.7 Å². The minimum atomic E-state index is -4.41. The summed E-state index contributed by atoms with van der Waals surface area (Å²) in [5, 5.41) is 10.1. The Morgan fingerprint density at radius 3 is 1.84 bits per heavy atom. The van der Waals surface area contributed by atoms with Crippen LogP contribution in [-0.4, -0.2) is 86.1 Å². The summed E-state index contributed by atoms with van der Waals surface area (Å²) in [5.41, 5.74) is 0. The Balaban J connectivity index is 4.58. The van der Waals surface area contributed by atoms with Gasteiger partial charge < -0.3 is 24.0 Å². The van der Waals surface area contributed by atoms with E-state index in [9.17, 15) is 24.2 Å². The molecule has 2 N–H and O–H groups in total. The van der Waals surface area contributed by atoms with Gasteiger partial charge in [-0.1, -0.05) is 125 Å². The van der Waals surface area contributed by atoms with Gasteiger partial charge in [-0.15, -0.1) is 0 Å². The molecule has 0 aliphatic carbocycles. The van der Waals surface area contributed by atoms with Gasteiger partial charge in [0.05, 0.1) is 33.9 Å². The molecule has 0 spiro atoms. The summed E-state index contributed by atoms with van der Waals surface area (Å²) in [7, 11) is 1.38. The number of unbranched alkanes of at least 4 members (excludes halogenated alkanes) is 6. The molecule has 0 aromatic carbocycles. The van der Waals surface area contributed by atoms with Gasteiger partial charge in [0.2, 0.25) is 0 Å². The van der Waals surface area contributed by atoms with Crippen LogP contribution in [0.1, 0.15) is 123 Å². The summed E-state index contributed by atoms with van der Waals surface area (Å²) in [5.74, 6) is -0.936. The predicted octanol–water partition coefficient (Wildman–Crippen LogP) is 10.2. The van der Waals surface area contributed by atoms with E-state index in [1.807, 2.05) is 33.3 Å². The zero-order chi connectivity index (χ0) is 40.9. The summed E-state index contributed by atoms with van der Waals surface area (Å²) in [4.78, 5) is 35.3. The second-order valence-corrected chi connectivity index (χ2v) is 15.9. The van der Waals surface area contributed by atoms with E-state index in [2.05, 4.69) is 80.7 Å². The average Bonchev–Trinajstić information content (AvgIpc) is 3.12. The van der Waals surface area contributed by atoms with E-state index in [4.69, 9.17) is 18.5 Å². The van der Waals surface area contributed by atoms with Crippen LogP contribution in [0, 0.1) is 0 Å². The zero-order valence-electron chi connectivity index (χ0n) is 34.7. The number of allylic oxidation sites excluding steroid dienone is 13. The summed E-state index contributed by atoms with van der Waals surface area (Å²) in [6.45, 7) is 3.98. The first-order chi connectivity index (χ1) is 26.4. The molecular weight excluding hydrogens is 717 g/mol. The zero-order valence-corrected chi connectivity index (χ0v) is 35.6. The lowest BCUT2D eigenvalue weighted by molar-refractivity contribution is -0.870. The van der Waals surface area contributed by atoms with Crippen molar-refractivity contribution in [3.8, 4) is 0 Å². The van der Waals surface area contributed by atoms with Crippen LogP contribution in [0.2, 0.25) is 0 Å². The molecule has 0 rings (SSSR count). The maximum atomic E-state index is 12.6. The van der Waals surface area contributed by atoms with Crippen molar-refractivity contribution in [2.45, 2.75) is 135 Å². The van der Waals surface area contributed by atoms with Gasteiger partial charge in [0.1, 0.15) is 19.8 Å². The molecule has 0 aromatic heterocycles. The predicted molar refractivity (Wildman–Crippen MR) is 225 cm³/mol. The van der Waals surface area contributed by atoms with Crippen LogP contribution in [0.25, 0.3) is 0 Å². The smallest absolute Gasteiger partial charge is 0.462 e. The van der Waals surface area contributed by atoms with Crippen LogP contribution in [0.5, 0.6) is 0 Å². The molecule has 0 aromatic rings. The number of phosphoric acid groups is 1. The molecule has 0 amide bonds. The highest BCUT2D eigenvalue weighted by molar-refractivity contribution is 7.47. The molecule has 0 saturated carbocycles. The van der Waals surface area contributed by atoms with Gasteiger partial charge in [-0.3, -0.25) is 18.6 Å². The lowest BCUT2D eigenvalue weighted by Gasteiger charge is -2.24. The van der Waals surface area contributed by atoms with Crippen LogP contribution in [0.4, 0.5) is 0 Å². The Kier molecular flexibility index (Phi) is 33.7. The van der Waals surface area contributed by atoms with E-state index in [1.54, 1.807) is 6.08 Å². The van der Waals surface area contributed by atoms with Crippen molar-refractivity contribution in [3.05, 3.63) is 85.1 Å². The van der Waals surface area contributed by atoms with Crippen molar-refractivity contribution in [1.29, 1.82) is 0 Å². The number of likely N-dealkylation sites (N-methyl/N-ethyl adjacent to an activating group) is 1. The number of nitrogens with zero attached hydrogens (tertiary/aromatic N) is 1. The van der Waals surface area contributed by atoms with Gasteiger partial charge in [-0.25, -0.2) is 4.57 Å². The highest BCUT2D eigenvalue weighted by Gasteiger charge is 2.27. The van der Waals surface area contributed by atoms with Crippen LogP contribution in [0.15, 0.2) is 85.1 Å². The number of aliphatic hydroxyl groups excluding tert-OH is 1. The first-order valence-electron chi connectivity index (χ1n) is 20.4. The minimum absolute atomic E-state index is 0.00263. The fraction of sp³-hybridized carbons (Fsp3) is 0.636. The van der Waals surface area contributed by atoms with Gasteiger partial charge in [0, 0.05) is 12.8 Å². The van der Waals surface area contributed by atoms with Gasteiger partial charge >= 0.3 is 19.8 Å². The van der Waals surface area contributed by atoms with Gasteiger partial charge in [-0.2, -0.15) is 0 Å². The van der Waals surface area contributed by atoms with E-state index >= 15 is 0 Å². The quantitative estimate of drug-likeness (QED) is 0.0161. The van der Waals surface area contributed by atoms with Crippen molar-refractivity contribution in [1.82, 2.24) is 0 Å². The number of phosphoric ester groups is 1. The molecule has 0 aliphatic heterocycles. The summed E-state index contributed by atoms with van der Waals surface area (Å²) >= 11 is 0. The highest BCUT2D eigenvalue weighted by Crippen LogP contribution is 2.43. The lowest BCUT2D eigenvalue weighted by Crippen LogP contribution is -2.37. The lowest BCUT2D eigenvalue weighted by atomic mass is 10.1. The topological polar surface area (TPSA) is 129 Å². The molecule has 0 fully saturated rings. The standard InChI is InChI=1S/C44H74NO9P/c1-6-8-10-12-14-15-16-17-18-19-20-21-23-27-32-36-44(48)54-42(40-53-55(49,50)52-38-37-45(3,4)5)39-51-43(47)35-31-28-24-26-30-34-41(46)33-29-25-22-13-11-9-7-2/h8-11,14-15,17-18,20-22,25,29,33,41-42,46H,6-7,12-13,16,19,23-24,26-28,30-32,34-40H2,1-5H3/p+1/b10-8-,11-9+,15-14-,18-17-,21-20-,25-22+,33-29+/t41?,42-/m1/s1. The highest BCUT2D eigenvalue weighted by atomic mass is 31.2. The second kappa shape index (κ2) is 35.6. The molecule has 10 nitrogen and oxygen atoms in total. The first kappa shape index (κ1) is 52.2. The maximum absolute atomic E-state index is 12.6. The number of aliphatic hydroxyl groups is 1. The molecule has 11 heteroatoms. The van der Waals surface area contributed by atoms with Crippen molar-refractivity contribution in [3.63, 3.8) is 0 Å². The summed E-state index contributed by atoms with van der Waals surface area (Å²) in [6.07, 6.45) is 40.9. The molecule has 3 atom stereocenters. The second-order valence-electron chi connectivity index (χ2n) is 14.5. The van der Waals surface area contributed by atoms with E-state index in [-0.39, 0.29) is 26.1 Å². The monoisotopic (exact) mass is 793 g/mol. The minimum Gasteiger partial charge on any atom is -0.462 e. The molecule has 55 heavy (non-hydrogen) atoms. The Labute approximate surface area is 333 Å². The number of ether oxygens (including phenoxy) is 2. The van der Waals surface area contributed by atoms with Gasteiger partial charge in [0.25, 0.3) is 0 Å². The number of hydrogen-bond acceptors (Lipinski definition) is 8. The number of carbonyl (C=O) groups excluding carboxylic acids is 2. The number of carbonyl (C=O) groups is 2. The van der Waals surface area contributed by atoms with E-state index in [1.165, 1.54) is 0 Å². The Hall–Kier alpha value is -2.85. The van der Waals surface area contributed by atoms with Crippen LogP contribution < -0.4 is 0 Å². The number of hydrogen-bond donors (Lipinski definition) is 2. The number of quaternary nitrogens is 1. The molecule has 0 bridgehead atoms. The Morgan fingerprint density at radius 2 is 1.20 bits per heavy atom. The molecule has 0 aliphatic rings. The Bertz CT molecular complexity index is 1230. The third-order valence-corrected chi connectivity index (χ3v) is 9.01. The van der Waals surface area contributed by atoms with Gasteiger partial charge in [-0.05, 0) is 70.6 Å². The summed E-state index contributed by atoms with van der Waals surface area (Å²) < 4.78 is 34.1. The van der Waals surface area contributed by atoms with Crippen molar-refractivity contribution in [2.75, 3.05) is 47.5 Å². The number of rotatable bonds is 35. The van der Waals surface area contributed by atoms with E-state index in [0.717, 1.165) is 77.0 Å². The SMILES string of the molecule is CC/C=C\C/C=C\C/C=C\C/C=C\CCCCC(=O)O[C@H](COC(=O)CCCCCCCC(O)/C=C/C=C/C/C=C/CC)COP(=O)(O)OCC[N+](C)(C)C. The van der Waals surface area contributed by atoms with Crippen LogP contribution >= 0.6 is 7.82 Å². The fourth-order valence-electron chi connectivity index (χ4n) is 4.83. The molecule has 0 saturated heterocycles. The maximum Gasteiger partial charge on any atom is 0.472 e. The Morgan fingerprint density at radius 1 is 0.655 bits per heavy atom. The van der Waals surface area contributed by atoms with E-state index < -0.39 is 38.6 Å². The summed E-state index contributed by atoms with van der Waals surface area (Å²) in [6, 6.07) is 0. The third kappa shape index (κ3) is 39.2. The van der Waals surface area contributed by atoms with Crippen molar-refractivity contribution < 1.29 is 47.2 Å². The molecule has 2 unspecified atom stereocenters. The number of esters is 2. The fourth-order valence-corrected chi connectivity index (χ4v) is 5.57. The molecule has 314 valence electrons. The molecular formula is C44H75NO9P+.